The summed E-state index contributed by atoms with van der Waals surface area (Å²) in [5, 5.41) is 3.53. The van der Waals surface area contributed by atoms with E-state index in [1.54, 1.807) is 18.2 Å². The summed E-state index contributed by atoms with van der Waals surface area (Å²) < 4.78 is 5.72. The minimum absolute atomic E-state index is 0.194. The topological polar surface area (TPSA) is 75.1 Å². The molecule has 0 amide bonds. The van der Waals surface area contributed by atoms with Gasteiger partial charge in [-0.3, -0.25) is 4.79 Å². The molecule has 0 unspecified atom stereocenters. The third-order valence-electron chi connectivity index (χ3n) is 2.77. The maximum atomic E-state index is 10.8. The highest BCUT2D eigenvalue weighted by Crippen LogP contribution is 2.22. The van der Waals surface area contributed by atoms with Crippen LogP contribution in [0.3, 0.4) is 0 Å². The lowest BCUT2D eigenvalue weighted by Crippen LogP contribution is -1.99. The van der Waals surface area contributed by atoms with E-state index in [-0.39, 0.29) is 6.54 Å². The van der Waals surface area contributed by atoms with Gasteiger partial charge in [0.2, 0.25) is 0 Å². The molecule has 0 heterocycles. The fraction of sp³-hybridized carbons (Fsp3) is 0.133. The maximum Gasteiger partial charge on any atom is 0.150 e. The number of nitrogens with zero attached hydrogens (tertiary/aromatic N) is 3. The van der Waals surface area contributed by atoms with Gasteiger partial charge in [0.05, 0.1) is 6.54 Å². The van der Waals surface area contributed by atoms with Crippen molar-refractivity contribution in [1.82, 2.24) is 0 Å². The van der Waals surface area contributed by atoms with E-state index in [0.717, 1.165) is 17.4 Å². The van der Waals surface area contributed by atoms with Gasteiger partial charge in [-0.05, 0) is 22.7 Å². The van der Waals surface area contributed by atoms with E-state index in [4.69, 9.17) is 10.3 Å². The molecule has 0 radical (unpaired) electrons. The van der Waals surface area contributed by atoms with Gasteiger partial charge < -0.3 is 4.74 Å². The second-order valence-electron chi connectivity index (χ2n) is 4.15. The molecule has 100 valence electrons. The van der Waals surface area contributed by atoms with Gasteiger partial charge in [0.1, 0.15) is 18.6 Å². The van der Waals surface area contributed by atoms with Crippen LogP contribution in [0.15, 0.2) is 53.6 Å². The van der Waals surface area contributed by atoms with Crippen LogP contribution in [0.4, 0.5) is 0 Å². The summed E-state index contributed by atoms with van der Waals surface area (Å²) in [5.41, 5.74) is 10.7. The van der Waals surface area contributed by atoms with Crippen molar-refractivity contribution in [3.05, 3.63) is 75.7 Å². The Kier molecular flexibility index (Phi) is 4.76. The number of rotatable bonds is 6. The van der Waals surface area contributed by atoms with Crippen molar-refractivity contribution in [1.29, 1.82) is 0 Å². The lowest BCUT2D eigenvalue weighted by Gasteiger charge is -2.11. The third kappa shape index (κ3) is 3.60. The van der Waals surface area contributed by atoms with Crippen molar-refractivity contribution in [2.75, 3.05) is 0 Å². The van der Waals surface area contributed by atoms with E-state index in [0.29, 0.717) is 17.9 Å². The lowest BCUT2D eigenvalue weighted by molar-refractivity contribution is 0.112. The Morgan fingerprint density at radius 2 is 2.00 bits per heavy atom. The molecule has 0 fully saturated rings. The average molecular weight is 267 g/mol. The van der Waals surface area contributed by atoms with Crippen LogP contribution in [0.25, 0.3) is 10.4 Å². The van der Waals surface area contributed by atoms with Crippen molar-refractivity contribution in [2.45, 2.75) is 13.2 Å². The number of hydrogen-bond acceptors (Lipinski definition) is 3. The fourth-order valence-electron chi connectivity index (χ4n) is 1.75. The van der Waals surface area contributed by atoms with Crippen molar-refractivity contribution in [3.8, 4) is 5.75 Å². The van der Waals surface area contributed by atoms with Gasteiger partial charge in [-0.15, -0.1) is 0 Å². The van der Waals surface area contributed by atoms with Crippen LogP contribution < -0.4 is 4.74 Å². The van der Waals surface area contributed by atoms with Gasteiger partial charge in [-0.1, -0.05) is 47.6 Å². The van der Waals surface area contributed by atoms with Crippen LogP contribution in [-0.4, -0.2) is 6.29 Å². The Hall–Kier alpha value is -2.78. The summed E-state index contributed by atoms with van der Waals surface area (Å²) in [6.07, 6.45) is 0.757. The molecule has 0 N–H and O–H groups in total. The smallest absolute Gasteiger partial charge is 0.150 e. The number of carbonyl (C=O) groups is 1. The highest BCUT2D eigenvalue weighted by molar-refractivity contribution is 5.75. The Morgan fingerprint density at radius 1 is 1.20 bits per heavy atom. The number of hydrogen-bond donors (Lipinski definition) is 0. The standard InChI is InChI=1S/C15H13N3O2/c16-18-17-9-14-7-6-13(10-19)8-15(14)20-11-12-4-2-1-3-5-12/h1-8,10H,9,11H2. The normalized spacial score (nSPS) is 9.60. The molecule has 0 aliphatic heterocycles. The Balaban J connectivity index is 2.18. The molecule has 0 aromatic heterocycles. The van der Waals surface area contributed by atoms with Crippen LogP contribution in [0, 0.1) is 0 Å². The Morgan fingerprint density at radius 3 is 2.70 bits per heavy atom. The predicted molar refractivity (Wildman–Crippen MR) is 75.5 cm³/mol. The molecule has 2 aromatic rings. The molecule has 5 heteroatoms. The van der Waals surface area contributed by atoms with E-state index in [2.05, 4.69) is 10.0 Å². The van der Waals surface area contributed by atoms with Gasteiger partial charge in [-0.25, -0.2) is 0 Å². The molecule has 2 rings (SSSR count). The minimum Gasteiger partial charge on any atom is -0.489 e. The predicted octanol–water partition coefficient (Wildman–Crippen LogP) is 3.89. The Labute approximate surface area is 116 Å². The van der Waals surface area contributed by atoms with Gasteiger partial charge in [0.25, 0.3) is 0 Å². The quantitative estimate of drug-likeness (QED) is 0.344. The zero-order valence-corrected chi connectivity index (χ0v) is 10.8. The highest BCUT2D eigenvalue weighted by atomic mass is 16.5. The van der Waals surface area contributed by atoms with E-state index in [1.807, 2.05) is 30.3 Å². The minimum atomic E-state index is 0.194. The second-order valence-corrected chi connectivity index (χ2v) is 4.15. The van der Waals surface area contributed by atoms with Crippen molar-refractivity contribution < 1.29 is 9.53 Å². The number of benzene rings is 2. The molecule has 0 atom stereocenters. The van der Waals surface area contributed by atoms with Gasteiger partial charge in [0.15, 0.2) is 0 Å². The van der Waals surface area contributed by atoms with E-state index in [9.17, 15) is 4.79 Å². The molecular formula is C15H13N3O2. The zero-order chi connectivity index (χ0) is 14.2. The highest BCUT2D eigenvalue weighted by Gasteiger charge is 2.05. The van der Waals surface area contributed by atoms with Crippen LogP contribution in [0.1, 0.15) is 21.5 Å². The van der Waals surface area contributed by atoms with Crippen molar-refractivity contribution in [3.63, 3.8) is 0 Å². The molecule has 5 nitrogen and oxygen atoms in total. The Bertz CT molecular complexity index is 635. The van der Waals surface area contributed by atoms with Crippen LogP contribution in [0.5, 0.6) is 5.75 Å². The van der Waals surface area contributed by atoms with Gasteiger partial charge in [-0.2, -0.15) is 0 Å². The molecule has 0 bridgehead atoms. The fourth-order valence-corrected chi connectivity index (χ4v) is 1.75. The first-order valence-corrected chi connectivity index (χ1v) is 6.09. The number of aldehydes is 1. The monoisotopic (exact) mass is 267 g/mol. The van der Waals surface area contributed by atoms with Crippen molar-refractivity contribution in [2.24, 2.45) is 5.11 Å². The zero-order valence-electron chi connectivity index (χ0n) is 10.8. The summed E-state index contributed by atoms with van der Waals surface area (Å²) in [5.74, 6) is 0.561. The number of ether oxygens (including phenoxy) is 1. The molecule has 20 heavy (non-hydrogen) atoms. The van der Waals surface area contributed by atoms with E-state index in [1.165, 1.54) is 0 Å². The first-order valence-electron chi connectivity index (χ1n) is 6.09. The number of carbonyl (C=O) groups excluding carboxylic acids is 1. The molecule has 0 aliphatic carbocycles. The summed E-state index contributed by atoms with van der Waals surface area (Å²) >= 11 is 0. The lowest BCUT2D eigenvalue weighted by atomic mass is 10.1. The van der Waals surface area contributed by atoms with Gasteiger partial charge in [0, 0.05) is 10.5 Å². The SMILES string of the molecule is [N-]=[N+]=NCc1ccc(C=O)cc1OCc1ccccc1. The number of azide groups is 1. The molecule has 0 aliphatic rings. The van der Waals surface area contributed by atoms with Crippen LogP contribution in [-0.2, 0) is 13.2 Å². The van der Waals surface area contributed by atoms with Gasteiger partial charge >= 0.3 is 0 Å². The summed E-state index contributed by atoms with van der Waals surface area (Å²) in [6, 6.07) is 14.8. The van der Waals surface area contributed by atoms with Crippen LogP contribution >= 0.6 is 0 Å². The second kappa shape index (κ2) is 6.97. The first kappa shape index (κ1) is 13.6. The molecule has 0 saturated carbocycles. The maximum absolute atomic E-state index is 10.8. The van der Waals surface area contributed by atoms with E-state index >= 15 is 0 Å². The third-order valence-corrected chi connectivity index (χ3v) is 2.77. The van der Waals surface area contributed by atoms with E-state index < -0.39 is 0 Å². The summed E-state index contributed by atoms with van der Waals surface area (Å²) in [7, 11) is 0. The molecule has 0 saturated heterocycles. The largest absolute Gasteiger partial charge is 0.489 e. The molecule has 0 spiro atoms. The summed E-state index contributed by atoms with van der Waals surface area (Å²) in [6.45, 7) is 0.589. The van der Waals surface area contributed by atoms with Crippen LogP contribution in [0.2, 0.25) is 0 Å². The summed E-state index contributed by atoms with van der Waals surface area (Å²) in [4.78, 5) is 13.6. The molecular weight excluding hydrogens is 254 g/mol. The van der Waals surface area contributed by atoms with Crippen molar-refractivity contribution >= 4 is 6.29 Å². The molecule has 2 aromatic carbocycles. The average Bonchev–Trinajstić information content (AvgIpc) is 2.52. The first-order chi connectivity index (χ1) is 9.83.